The Balaban J connectivity index is 1.63. The summed E-state index contributed by atoms with van der Waals surface area (Å²) in [5.41, 5.74) is 1.28. The maximum Gasteiger partial charge on any atom is 0.261 e. The van der Waals surface area contributed by atoms with Gasteiger partial charge in [0.1, 0.15) is 5.82 Å². The van der Waals surface area contributed by atoms with Gasteiger partial charge in [-0.3, -0.25) is 14.7 Å². The molecule has 7 heteroatoms. The SMILES string of the molecule is Cn1c(NC(=O)c2cnn3ccccc23)nnc1C1CC1. The summed E-state index contributed by atoms with van der Waals surface area (Å²) in [4.78, 5) is 12.4. The van der Waals surface area contributed by atoms with Crippen LogP contribution in [0.1, 0.15) is 34.9 Å². The van der Waals surface area contributed by atoms with Crippen LogP contribution in [0.15, 0.2) is 30.6 Å². The van der Waals surface area contributed by atoms with Crippen LogP contribution in [0, 0.1) is 0 Å². The fourth-order valence-electron chi connectivity index (χ4n) is 2.43. The maximum absolute atomic E-state index is 12.4. The first-order valence-electron chi connectivity index (χ1n) is 6.87. The van der Waals surface area contributed by atoms with Crippen molar-refractivity contribution >= 4 is 17.4 Å². The minimum absolute atomic E-state index is 0.228. The van der Waals surface area contributed by atoms with Crippen LogP contribution in [0.2, 0.25) is 0 Å². The van der Waals surface area contributed by atoms with E-state index in [1.165, 1.54) is 0 Å². The zero-order chi connectivity index (χ0) is 14.4. The van der Waals surface area contributed by atoms with Gasteiger partial charge in [-0.2, -0.15) is 5.10 Å². The molecule has 0 spiro atoms. The predicted octanol–water partition coefficient (Wildman–Crippen LogP) is 1.59. The van der Waals surface area contributed by atoms with E-state index in [4.69, 9.17) is 0 Å². The fourth-order valence-corrected chi connectivity index (χ4v) is 2.43. The molecule has 3 heterocycles. The minimum atomic E-state index is -0.228. The molecule has 0 radical (unpaired) electrons. The van der Waals surface area contributed by atoms with Gasteiger partial charge in [0.2, 0.25) is 5.95 Å². The molecule has 0 aromatic carbocycles. The number of amides is 1. The Morgan fingerprint density at radius 2 is 2.19 bits per heavy atom. The van der Waals surface area contributed by atoms with Crippen molar-refractivity contribution in [2.45, 2.75) is 18.8 Å². The molecule has 1 N–H and O–H groups in total. The number of rotatable bonds is 3. The molecule has 4 rings (SSSR count). The molecule has 0 bridgehead atoms. The lowest BCUT2D eigenvalue weighted by atomic mass is 10.2. The molecule has 106 valence electrons. The highest BCUT2D eigenvalue weighted by Gasteiger charge is 2.29. The molecule has 21 heavy (non-hydrogen) atoms. The Labute approximate surface area is 120 Å². The lowest BCUT2D eigenvalue weighted by molar-refractivity contribution is 0.102. The van der Waals surface area contributed by atoms with Crippen LogP contribution in [0.4, 0.5) is 5.95 Å². The van der Waals surface area contributed by atoms with E-state index in [1.54, 1.807) is 16.9 Å². The van der Waals surface area contributed by atoms with Crippen molar-refractivity contribution in [3.8, 4) is 0 Å². The topological polar surface area (TPSA) is 77.1 Å². The highest BCUT2D eigenvalue weighted by molar-refractivity contribution is 6.08. The lowest BCUT2D eigenvalue weighted by Crippen LogP contribution is -2.15. The first kappa shape index (κ1) is 12.1. The summed E-state index contributed by atoms with van der Waals surface area (Å²) in [5.74, 6) is 1.67. The number of carbonyl (C=O) groups excluding carboxylic acids is 1. The predicted molar refractivity (Wildman–Crippen MR) is 76.1 cm³/mol. The van der Waals surface area contributed by atoms with Crippen LogP contribution in [0.5, 0.6) is 0 Å². The van der Waals surface area contributed by atoms with Crippen molar-refractivity contribution in [3.05, 3.63) is 42.0 Å². The van der Waals surface area contributed by atoms with Gasteiger partial charge in [0.25, 0.3) is 5.91 Å². The summed E-state index contributed by atoms with van der Waals surface area (Å²) in [7, 11) is 1.87. The summed E-state index contributed by atoms with van der Waals surface area (Å²) in [6.07, 6.45) is 5.66. The number of hydrogen-bond acceptors (Lipinski definition) is 4. The molecule has 7 nitrogen and oxygen atoms in total. The van der Waals surface area contributed by atoms with Crippen molar-refractivity contribution in [2.24, 2.45) is 7.05 Å². The van der Waals surface area contributed by atoms with Crippen LogP contribution in [0.3, 0.4) is 0 Å². The Morgan fingerprint density at radius 3 is 3.00 bits per heavy atom. The van der Waals surface area contributed by atoms with Crippen LogP contribution in [-0.2, 0) is 7.05 Å². The average molecular weight is 282 g/mol. The van der Waals surface area contributed by atoms with Crippen molar-refractivity contribution in [1.29, 1.82) is 0 Å². The fraction of sp³-hybridized carbons (Fsp3) is 0.286. The first-order chi connectivity index (χ1) is 10.2. The van der Waals surface area contributed by atoms with Gasteiger partial charge in [0.15, 0.2) is 0 Å². The van der Waals surface area contributed by atoms with Gasteiger partial charge in [-0.25, -0.2) is 4.52 Å². The Kier molecular flexibility index (Phi) is 2.53. The Morgan fingerprint density at radius 1 is 1.33 bits per heavy atom. The number of pyridine rings is 1. The quantitative estimate of drug-likeness (QED) is 0.791. The molecule has 1 aliphatic rings. The summed E-state index contributed by atoms with van der Waals surface area (Å²) in [6, 6.07) is 5.60. The van der Waals surface area contributed by atoms with Gasteiger partial charge < -0.3 is 0 Å². The largest absolute Gasteiger partial charge is 0.300 e. The number of nitrogens with one attached hydrogen (secondary N) is 1. The highest BCUT2D eigenvalue weighted by Crippen LogP contribution is 2.39. The van der Waals surface area contributed by atoms with E-state index in [9.17, 15) is 4.79 Å². The number of carbonyl (C=O) groups is 1. The van der Waals surface area contributed by atoms with Crippen LogP contribution < -0.4 is 5.32 Å². The summed E-state index contributed by atoms with van der Waals surface area (Å²) in [6.45, 7) is 0. The van der Waals surface area contributed by atoms with Crippen molar-refractivity contribution < 1.29 is 4.79 Å². The van der Waals surface area contributed by atoms with Gasteiger partial charge in [-0.1, -0.05) is 6.07 Å². The van der Waals surface area contributed by atoms with E-state index in [1.807, 2.05) is 29.8 Å². The molecule has 1 saturated carbocycles. The van der Waals surface area contributed by atoms with E-state index < -0.39 is 0 Å². The van der Waals surface area contributed by atoms with E-state index in [-0.39, 0.29) is 5.91 Å². The van der Waals surface area contributed by atoms with Crippen LogP contribution in [-0.4, -0.2) is 30.3 Å². The van der Waals surface area contributed by atoms with Gasteiger partial charge in [0.05, 0.1) is 17.3 Å². The molecule has 1 aliphatic carbocycles. The Bertz CT molecular complexity index is 829. The second-order valence-corrected chi connectivity index (χ2v) is 5.26. The monoisotopic (exact) mass is 282 g/mol. The summed E-state index contributed by atoms with van der Waals surface area (Å²) in [5, 5.41) is 15.2. The van der Waals surface area contributed by atoms with E-state index in [0.29, 0.717) is 17.4 Å². The van der Waals surface area contributed by atoms with Gasteiger partial charge in [0, 0.05) is 19.2 Å². The summed E-state index contributed by atoms with van der Waals surface area (Å²) < 4.78 is 3.52. The molecule has 1 fully saturated rings. The minimum Gasteiger partial charge on any atom is -0.300 e. The molecule has 3 aromatic rings. The number of nitrogens with zero attached hydrogens (tertiary/aromatic N) is 5. The summed E-state index contributed by atoms with van der Waals surface area (Å²) >= 11 is 0. The smallest absolute Gasteiger partial charge is 0.261 e. The normalized spacial score (nSPS) is 14.5. The second kappa shape index (κ2) is 4.41. The zero-order valence-corrected chi connectivity index (χ0v) is 11.5. The number of fused-ring (bicyclic) bond motifs is 1. The standard InChI is InChI=1S/C14H14N6O/c1-19-12(9-5-6-9)17-18-14(19)16-13(21)10-8-15-20-7-3-2-4-11(10)20/h2-4,7-9H,5-6H2,1H3,(H,16,18,21). The molecule has 0 saturated heterocycles. The molecule has 3 aromatic heterocycles. The third kappa shape index (κ3) is 1.97. The van der Waals surface area contributed by atoms with E-state index >= 15 is 0 Å². The zero-order valence-electron chi connectivity index (χ0n) is 11.5. The third-order valence-corrected chi connectivity index (χ3v) is 3.75. The highest BCUT2D eigenvalue weighted by atomic mass is 16.1. The molecule has 0 unspecified atom stereocenters. The third-order valence-electron chi connectivity index (χ3n) is 3.75. The maximum atomic E-state index is 12.4. The van der Waals surface area contributed by atoms with Gasteiger partial charge >= 0.3 is 0 Å². The molecular formula is C14H14N6O. The molecular weight excluding hydrogens is 268 g/mol. The molecule has 0 aliphatic heterocycles. The molecule has 1 amide bonds. The number of anilines is 1. The number of aromatic nitrogens is 5. The second-order valence-electron chi connectivity index (χ2n) is 5.26. The lowest BCUT2D eigenvalue weighted by Gasteiger charge is -2.04. The van der Waals surface area contributed by atoms with Crippen molar-refractivity contribution in [3.63, 3.8) is 0 Å². The van der Waals surface area contributed by atoms with Crippen LogP contribution >= 0.6 is 0 Å². The van der Waals surface area contributed by atoms with Crippen molar-refractivity contribution in [1.82, 2.24) is 24.4 Å². The first-order valence-corrected chi connectivity index (χ1v) is 6.87. The van der Waals surface area contributed by atoms with Gasteiger partial charge in [-0.15, -0.1) is 10.2 Å². The van der Waals surface area contributed by atoms with Crippen molar-refractivity contribution in [2.75, 3.05) is 5.32 Å². The van der Waals surface area contributed by atoms with Crippen LogP contribution in [0.25, 0.3) is 5.52 Å². The molecule has 0 atom stereocenters. The van der Waals surface area contributed by atoms with E-state index in [0.717, 1.165) is 24.2 Å². The number of hydrogen-bond donors (Lipinski definition) is 1. The Hall–Kier alpha value is -2.70. The van der Waals surface area contributed by atoms with Gasteiger partial charge in [-0.05, 0) is 25.0 Å². The average Bonchev–Trinajstić information content (AvgIpc) is 3.14. The van der Waals surface area contributed by atoms with E-state index in [2.05, 4.69) is 20.6 Å².